The molecule has 0 aliphatic rings. The first-order valence-electron chi connectivity index (χ1n) is 6.29. The highest BCUT2D eigenvalue weighted by Gasteiger charge is 2.19. The lowest BCUT2D eigenvalue weighted by atomic mass is 10.1. The van der Waals surface area contributed by atoms with E-state index in [1.54, 1.807) is 25.1 Å². The SMILES string of the molecule is COC(CC(=O)O)Cn1nnnc1-c1cccc(C)c1F. The van der Waals surface area contributed by atoms with Crippen molar-refractivity contribution in [3.05, 3.63) is 29.6 Å². The van der Waals surface area contributed by atoms with E-state index in [0.29, 0.717) is 5.56 Å². The molecule has 1 aromatic heterocycles. The smallest absolute Gasteiger partial charge is 0.306 e. The molecule has 0 saturated carbocycles. The number of nitrogens with zero attached hydrogens (tertiary/aromatic N) is 4. The topological polar surface area (TPSA) is 90.1 Å². The summed E-state index contributed by atoms with van der Waals surface area (Å²) in [6.07, 6.45) is -0.788. The van der Waals surface area contributed by atoms with Gasteiger partial charge in [-0.1, -0.05) is 12.1 Å². The Hall–Kier alpha value is -2.35. The lowest BCUT2D eigenvalue weighted by Crippen LogP contribution is -2.23. The largest absolute Gasteiger partial charge is 0.481 e. The van der Waals surface area contributed by atoms with E-state index in [0.717, 1.165) is 0 Å². The van der Waals surface area contributed by atoms with Crippen molar-refractivity contribution in [2.24, 2.45) is 0 Å². The number of aliphatic carboxylic acids is 1. The number of aromatic nitrogens is 4. The number of ether oxygens (including phenoxy) is 1. The van der Waals surface area contributed by atoms with Crippen LogP contribution < -0.4 is 0 Å². The number of carbonyl (C=O) groups is 1. The minimum atomic E-state index is -0.988. The highest BCUT2D eigenvalue weighted by molar-refractivity contribution is 5.67. The molecular formula is C13H15FN4O3. The Balaban J connectivity index is 2.30. The van der Waals surface area contributed by atoms with Crippen molar-refractivity contribution in [3.63, 3.8) is 0 Å². The Morgan fingerprint density at radius 3 is 2.95 bits per heavy atom. The predicted molar refractivity (Wildman–Crippen MR) is 71.0 cm³/mol. The van der Waals surface area contributed by atoms with Crippen molar-refractivity contribution in [2.45, 2.75) is 26.0 Å². The molecule has 0 aliphatic heterocycles. The van der Waals surface area contributed by atoms with Gasteiger partial charge in [0.2, 0.25) is 0 Å². The van der Waals surface area contributed by atoms with Crippen molar-refractivity contribution in [3.8, 4) is 11.4 Å². The van der Waals surface area contributed by atoms with Crippen molar-refractivity contribution in [1.29, 1.82) is 0 Å². The standard InChI is InChI=1S/C13H15FN4O3/c1-8-4-3-5-10(12(8)14)13-15-16-17-18(13)7-9(21-2)6-11(19)20/h3-5,9H,6-7H2,1-2H3,(H,19,20). The second-order valence-electron chi connectivity index (χ2n) is 4.58. The summed E-state index contributed by atoms with van der Waals surface area (Å²) in [5, 5.41) is 19.9. The minimum absolute atomic E-state index is 0.124. The van der Waals surface area contributed by atoms with Gasteiger partial charge in [-0.15, -0.1) is 5.10 Å². The Labute approximate surface area is 120 Å². The highest BCUT2D eigenvalue weighted by atomic mass is 19.1. The molecule has 8 heteroatoms. The normalized spacial score (nSPS) is 12.3. The van der Waals surface area contributed by atoms with Crippen LogP contribution in [0.2, 0.25) is 0 Å². The molecule has 0 saturated heterocycles. The fraction of sp³-hybridized carbons (Fsp3) is 0.385. The van der Waals surface area contributed by atoms with Gasteiger partial charge in [-0.2, -0.15) is 0 Å². The molecule has 0 fully saturated rings. The Kier molecular flexibility index (Phi) is 4.59. The summed E-state index contributed by atoms with van der Waals surface area (Å²) in [6.45, 7) is 1.77. The van der Waals surface area contributed by atoms with Crippen molar-refractivity contribution in [1.82, 2.24) is 20.2 Å². The van der Waals surface area contributed by atoms with Crippen LogP contribution >= 0.6 is 0 Å². The molecule has 0 spiro atoms. The maximum atomic E-state index is 14.1. The molecule has 21 heavy (non-hydrogen) atoms. The summed E-state index contributed by atoms with van der Waals surface area (Å²) < 4.78 is 20.6. The molecule has 1 heterocycles. The van der Waals surface area contributed by atoms with E-state index in [1.807, 2.05) is 0 Å². The Bertz CT molecular complexity index is 644. The lowest BCUT2D eigenvalue weighted by Gasteiger charge is -2.14. The Morgan fingerprint density at radius 1 is 1.52 bits per heavy atom. The summed E-state index contributed by atoms with van der Waals surface area (Å²) in [5.41, 5.74) is 0.751. The minimum Gasteiger partial charge on any atom is -0.481 e. The molecule has 0 aliphatic carbocycles. The number of tetrazole rings is 1. The van der Waals surface area contributed by atoms with Crippen LogP contribution in [0.25, 0.3) is 11.4 Å². The predicted octanol–water partition coefficient (Wildman–Crippen LogP) is 1.28. The third-order valence-corrected chi connectivity index (χ3v) is 3.08. The van der Waals surface area contributed by atoms with E-state index in [9.17, 15) is 9.18 Å². The summed E-state index contributed by atoms with van der Waals surface area (Å²) >= 11 is 0. The number of halogens is 1. The Morgan fingerprint density at radius 2 is 2.29 bits per heavy atom. The molecule has 0 bridgehead atoms. The van der Waals surface area contributed by atoms with Crippen LogP contribution in [-0.4, -0.2) is 44.5 Å². The maximum absolute atomic E-state index is 14.1. The van der Waals surface area contributed by atoms with Crippen molar-refractivity contribution >= 4 is 5.97 Å². The molecule has 0 radical (unpaired) electrons. The number of aryl methyl sites for hydroxylation is 1. The molecule has 2 rings (SSSR count). The number of hydrogen-bond acceptors (Lipinski definition) is 5. The first kappa shape index (κ1) is 15.0. The van der Waals surface area contributed by atoms with Crippen LogP contribution in [0.5, 0.6) is 0 Å². The molecule has 7 nitrogen and oxygen atoms in total. The number of methoxy groups -OCH3 is 1. The average Bonchev–Trinajstić information content (AvgIpc) is 2.88. The third-order valence-electron chi connectivity index (χ3n) is 3.08. The van der Waals surface area contributed by atoms with Crippen LogP contribution in [0, 0.1) is 12.7 Å². The van der Waals surface area contributed by atoms with Crippen LogP contribution in [0.1, 0.15) is 12.0 Å². The summed E-state index contributed by atoms with van der Waals surface area (Å²) in [5.74, 6) is -1.15. The molecule has 112 valence electrons. The lowest BCUT2D eigenvalue weighted by molar-refractivity contribution is -0.140. The zero-order valence-electron chi connectivity index (χ0n) is 11.7. The second-order valence-corrected chi connectivity index (χ2v) is 4.58. The van der Waals surface area contributed by atoms with Crippen molar-refractivity contribution < 1.29 is 19.0 Å². The molecule has 1 aromatic carbocycles. The van der Waals surface area contributed by atoms with Gasteiger partial charge in [0, 0.05) is 7.11 Å². The van der Waals surface area contributed by atoms with Gasteiger partial charge in [-0.3, -0.25) is 4.79 Å². The summed E-state index contributed by atoms with van der Waals surface area (Å²) in [4.78, 5) is 10.7. The number of carboxylic acid groups (broad SMARTS) is 1. The highest BCUT2D eigenvalue weighted by Crippen LogP contribution is 2.22. The van der Waals surface area contributed by atoms with E-state index in [4.69, 9.17) is 9.84 Å². The number of carboxylic acids is 1. The third kappa shape index (κ3) is 3.40. The molecule has 2 aromatic rings. The van der Waals surface area contributed by atoms with Gasteiger partial charge >= 0.3 is 5.97 Å². The molecule has 1 atom stereocenters. The van der Waals surface area contributed by atoms with E-state index in [1.165, 1.54) is 11.8 Å². The van der Waals surface area contributed by atoms with Gasteiger partial charge in [0.05, 0.1) is 24.6 Å². The molecular weight excluding hydrogens is 279 g/mol. The van der Waals surface area contributed by atoms with Crippen LogP contribution in [0.15, 0.2) is 18.2 Å². The van der Waals surface area contributed by atoms with E-state index >= 15 is 0 Å². The van der Waals surface area contributed by atoms with Crippen LogP contribution in [-0.2, 0) is 16.1 Å². The van der Waals surface area contributed by atoms with Crippen LogP contribution in [0.3, 0.4) is 0 Å². The van der Waals surface area contributed by atoms with Gasteiger partial charge in [0.15, 0.2) is 5.82 Å². The monoisotopic (exact) mass is 294 g/mol. The van der Waals surface area contributed by atoms with Gasteiger partial charge < -0.3 is 9.84 Å². The quantitative estimate of drug-likeness (QED) is 0.863. The summed E-state index contributed by atoms with van der Waals surface area (Å²) in [6, 6.07) is 4.93. The van der Waals surface area contributed by atoms with E-state index < -0.39 is 17.9 Å². The molecule has 1 unspecified atom stereocenters. The zero-order valence-corrected chi connectivity index (χ0v) is 11.7. The van der Waals surface area contributed by atoms with E-state index in [-0.39, 0.29) is 24.4 Å². The zero-order chi connectivity index (χ0) is 15.4. The fourth-order valence-corrected chi connectivity index (χ4v) is 1.95. The average molecular weight is 294 g/mol. The van der Waals surface area contributed by atoms with Gasteiger partial charge in [0.25, 0.3) is 0 Å². The molecule has 0 amide bonds. The number of hydrogen-bond donors (Lipinski definition) is 1. The van der Waals surface area contributed by atoms with E-state index in [2.05, 4.69) is 15.5 Å². The first-order chi connectivity index (χ1) is 10.0. The molecule has 1 N–H and O–H groups in total. The second kappa shape index (κ2) is 6.40. The van der Waals surface area contributed by atoms with Gasteiger partial charge in [-0.25, -0.2) is 9.07 Å². The summed E-state index contributed by atoms with van der Waals surface area (Å²) in [7, 11) is 1.41. The van der Waals surface area contributed by atoms with Gasteiger partial charge in [-0.05, 0) is 29.0 Å². The fourth-order valence-electron chi connectivity index (χ4n) is 1.95. The maximum Gasteiger partial charge on any atom is 0.306 e. The van der Waals surface area contributed by atoms with Crippen LogP contribution in [0.4, 0.5) is 4.39 Å². The van der Waals surface area contributed by atoms with Gasteiger partial charge in [0.1, 0.15) is 5.82 Å². The first-order valence-corrected chi connectivity index (χ1v) is 6.29. The number of benzene rings is 1. The number of rotatable bonds is 6. The van der Waals surface area contributed by atoms with Crippen molar-refractivity contribution in [2.75, 3.05) is 7.11 Å².